The number of hydrogen-bond acceptors (Lipinski definition) is 4. The SMILES string of the molecule is CCCCOOC(C)(C(=O)O)C(C)(C)CCC(=O)O. The molecule has 0 saturated carbocycles. The van der Waals surface area contributed by atoms with Crippen LogP contribution >= 0.6 is 0 Å². The average Bonchev–Trinajstić information content (AvgIpc) is 2.31. The Bertz CT molecular complexity index is 312. The van der Waals surface area contributed by atoms with Crippen LogP contribution in [0.25, 0.3) is 0 Å². The van der Waals surface area contributed by atoms with Crippen LogP contribution in [0.1, 0.15) is 53.4 Å². The molecule has 1 atom stereocenters. The van der Waals surface area contributed by atoms with Gasteiger partial charge in [-0.1, -0.05) is 27.2 Å². The summed E-state index contributed by atoms with van der Waals surface area (Å²) in [4.78, 5) is 32.1. The fourth-order valence-corrected chi connectivity index (χ4v) is 1.46. The topological polar surface area (TPSA) is 93.1 Å². The normalized spacial score (nSPS) is 14.9. The van der Waals surface area contributed by atoms with Crippen molar-refractivity contribution in [1.29, 1.82) is 0 Å². The van der Waals surface area contributed by atoms with E-state index in [2.05, 4.69) is 0 Å². The first-order chi connectivity index (χ1) is 8.67. The Labute approximate surface area is 113 Å². The Hall–Kier alpha value is -1.14. The predicted octanol–water partition coefficient (Wildman–Crippen LogP) is 2.47. The Morgan fingerprint density at radius 1 is 1.16 bits per heavy atom. The number of rotatable bonds is 10. The maximum Gasteiger partial charge on any atom is 0.339 e. The van der Waals surface area contributed by atoms with Crippen molar-refractivity contribution in [3.63, 3.8) is 0 Å². The highest BCUT2D eigenvalue weighted by atomic mass is 17.2. The minimum atomic E-state index is -1.59. The highest BCUT2D eigenvalue weighted by Gasteiger charge is 2.50. The first kappa shape index (κ1) is 17.9. The Kier molecular flexibility index (Phi) is 7.00. The van der Waals surface area contributed by atoms with Crippen molar-refractivity contribution in [3.05, 3.63) is 0 Å². The van der Waals surface area contributed by atoms with Gasteiger partial charge in [0.1, 0.15) is 0 Å². The molecule has 0 spiro atoms. The van der Waals surface area contributed by atoms with Crippen molar-refractivity contribution < 1.29 is 29.6 Å². The molecular formula is C13H24O6. The van der Waals surface area contributed by atoms with Gasteiger partial charge >= 0.3 is 11.9 Å². The van der Waals surface area contributed by atoms with Gasteiger partial charge in [-0.15, -0.1) is 0 Å². The molecule has 0 aromatic rings. The molecule has 0 radical (unpaired) electrons. The highest BCUT2D eigenvalue weighted by Crippen LogP contribution is 2.38. The molecule has 0 fully saturated rings. The largest absolute Gasteiger partial charge is 0.481 e. The van der Waals surface area contributed by atoms with Crippen LogP contribution in [-0.2, 0) is 19.4 Å². The second-order valence-corrected chi connectivity index (χ2v) is 5.37. The van der Waals surface area contributed by atoms with Crippen LogP contribution in [0.15, 0.2) is 0 Å². The maximum atomic E-state index is 11.4. The van der Waals surface area contributed by atoms with Gasteiger partial charge in [0.2, 0.25) is 5.60 Å². The number of carboxylic acid groups (broad SMARTS) is 2. The van der Waals surface area contributed by atoms with Crippen molar-refractivity contribution in [3.8, 4) is 0 Å². The summed E-state index contributed by atoms with van der Waals surface area (Å²) in [6, 6.07) is 0. The lowest BCUT2D eigenvalue weighted by Gasteiger charge is -2.38. The molecule has 0 aromatic carbocycles. The van der Waals surface area contributed by atoms with E-state index >= 15 is 0 Å². The number of unbranched alkanes of at least 4 members (excludes halogenated alkanes) is 1. The molecule has 19 heavy (non-hydrogen) atoms. The molecule has 6 heteroatoms. The van der Waals surface area contributed by atoms with Gasteiger partial charge in [0.25, 0.3) is 0 Å². The van der Waals surface area contributed by atoms with E-state index in [0.717, 1.165) is 12.8 Å². The van der Waals surface area contributed by atoms with E-state index in [1.807, 2.05) is 6.92 Å². The number of hydrogen-bond donors (Lipinski definition) is 2. The third kappa shape index (κ3) is 5.16. The quantitative estimate of drug-likeness (QED) is 0.362. The number of carbonyl (C=O) groups is 2. The summed E-state index contributed by atoms with van der Waals surface area (Å²) in [6.45, 7) is 7.02. The summed E-state index contributed by atoms with van der Waals surface area (Å²) < 4.78 is 0. The van der Waals surface area contributed by atoms with Crippen molar-refractivity contribution >= 4 is 11.9 Å². The van der Waals surface area contributed by atoms with Gasteiger partial charge in [-0.3, -0.25) is 4.79 Å². The molecule has 0 amide bonds. The molecule has 0 bridgehead atoms. The summed E-state index contributed by atoms with van der Waals surface area (Å²) in [5.41, 5.74) is -2.46. The van der Waals surface area contributed by atoms with E-state index in [4.69, 9.17) is 14.9 Å². The molecule has 0 aromatic heterocycles. The van der Waals surface area contributed by atoms with Crippen molar-refractivity contribution in [2.24, 2.45) is 5.41 Å². The van der Waals surface area contributed by atoms with Crippen LogP contribution in [-0.4, -0.2) is 34.4 Å². The molecule has 0 aliphatic heterocycles. The van der Waals surface area contributed by atoms with Gasteiger partial charge in [0, 0.05) is 11.8 Å². The van der Waals surface area contributed by atoms with E-state index in [9.17, 15) is 14.7 Å². The summed E-state index contributed by atoms with van der Waals surface area (Å²) in [5, 5.41) is 18.0. The van der Waals surface area contributed by atoms with Gasteiger partial charge in [-0.2, -0.15) is 0 Å². The number of aliphatic carboxylic acids is 2. The lowest BCUT2D eigenvalue weighted by Crippen LogP contribution is -2.51. The standard InChI is InChI=1S/C13H24O6/c1-5-6-9-18-19-13(4,11(16)17)12(2,3)8-7-10(14)15/h5-9H2,1-4H3,(H,14,15)(H,16,17). The van der Waals surface area contributed by atoms with E-state index in [-0.39, 0.29) is 12.8 Å². The maximum absolute atomic E-state index is 11.4. The van der Waals surface area contributed by atoms with Gasteiger partial charge in [0.15, 0.2) is 0 Å². The molecule has 6 nitrogen and oxygen atoms in total. The monoisotopic (exact) mass is 276 g/mol. The molecule has 112 valence electrons. The third-order valence-corrected chi connectivity index (χ3v) is 3.47. The van der Waals surface area contributed by atoms with E-state index in [1.54, 1.807) is 13.8 Å². The van der Waals surface area contributed by atoms with Crippen molar-refractivity contribution in [2.45, 2.75) is 59.0 Å². The molecule has 0 aliphatic carbocycles. The summed E-state index contributed by atoms with van der Waals surface area (Å²) >= 11 is 0. The minimum Gasteiger partial charge on any atom is -0.481 e. The first-order valence-corrected chi connectivity index (χ1v) is 6.43. The van der Waals surface area contributed by atoms with E-state index < -0.39 is 23.0 Å². The van der Waals surface area contributed by atoms with Gasteiger partial charge in [-0.25, -0.2) is 14.6 Å². The molecule has 2 N–H and O–H groups in total. The molecule has 0 heterocycles. The van der Waals surface area contributed by atoms with Crippen molar-refractivity contribution in [2.75, 3.05) is 6.61 Å². The molecule has 0 rings (SSSR count). The lowest BCUT2D eigenvalue weighted by atomic mass is 9.73. The highest BCUT2D eigenvalue weighted by molar-refractivity contribution is 5.78. The van der Waals surface area contributed by atoms with Gasteiger partial charge < -0.3 is 10.2 Å². The molecular weight excluding hydrogens is 252 g/mol. The lowest BCUT2D eigenvalue weighted by molar-refractivity contribution is -0.371. The molecule has 1 unspecified atom stereocenters. The van der Waals surface area contributed by atoms with Crippen LogP contribution in [0.2, 0.25) is 0 Å². The van der Waals surface area contributed by atoms with Gasteiger partial charge in [0.05, 0.1) is 6.61 Å². The Balaban J connectivity index is 4.74. The fraction of sp³-hybridized carbons (Fsp3) is 0.846. The Morgan fingerprint density at radius 2 is 1.74 bits per heavy atom. The average molecular weight is 276 g/mol. The van der Waals surface area contributed by atoms with Crippen LogP contribution in [0.5, 0.6) is 0 Å². The van der Waals surface area contributed by atoms with Crippen LogP contribution in [0.4, 0.5) is 0 Å². The van der Waals surface area contributed by atoms with Crippen LogP contribution in [0.3, 0.4) is 0 Å². The molecule has 0 aliphatic rings. The Morgan fingerprint density at radius 3 is 2.16 bits per heavy atom. The predicted molar refractivity (Wildman–Crippen MR) is 68.6 cm³/mol. The van der Waals surface area contributed by atoms with Gasteiger partial charge in [-0.05, 0) is 19.8 Å². The smallest absolute Gasteiger partial charge is 0.339 e. The van der Waals surface area contributed by atoms with Crippen molar-refractivity contribution in [1.82, 2.24) is 0 Å². The summed E-state index contributed by atoms with van der Waals surface area (Å²) in [6.07, 6.45) is 1.75. The third-order valence-electron chi connectivity index (χ3n) is 3.47. The summed E-state index contributed by atoms with van der Waals surface area (Å²) in [7, 11) is 0. The minimum absolute atomic E-state index is 0.117. The zero-order valence-corrected chi connectivity index (χ0v) is 12.1. The van der Waals surface area contributed by atoms with Crippen LogP contribution < -0.4 is 0 Å². The van der Waals surface area contributed by atoms with E-state index in [0.29, 0.717) is 6.61 Å². The number of carboxylic acids is 2. The zero-order valence-electron chi connectivity index (χ0n) is 12.1. The summed E-state index contributed by atoms with van der Waals surface area (Å²) in [5.74, 6) is -2.13. The molecule has 0 saturated heterocycles. The second-order valence-electron chi connectivity index (χ2n) is 5.37. The fourth-order valence-electron chi connectivity index (χ4n) is 1.46. The second kappa shape index (κ2) is 7.45. The first-order valence-electron chi connectivity index (χ1n) is 6.43. The van der Waals surface area contributed by atoms with E-state index in [1.165, 1.54) is 6.92 Å². The van der Waals surface area contributed by atoms with Crippen LogP contribution in [0, 0.1) is 5.41 Å². The zero-order chi connectivity index (χ0) is 15.1.